The van der Waals surface area contributed by atoms with Crippen LogP contribution in [0.25, 0.3) is 0 Å². The molecule has 1 unspecified atom stereocenters. The van der Waals surface area contributed by atoms with E-state index in [1.807, 2.05) is 38.1 Å². The van der Waals surface area contributed by atoms with Gasteiger partial charge in [-0.15, -0.1) is 0 Å². The zero-order valence-electron chi connectivity index (χ0n) is 22.4. The van der Waals surface area contributed by atoms with Crippen LogP contribution in [0.3, 0.4) is 0 Å². The molecule has 0 aromatic heterocycles. The molecule has 0 saturated carbocycles. The molecule has 7 nitrogen and oxygen atoms in total. The van der Waals surface area contributed by atoms with Gasteiger partial charge in [-0.1, -0.05) is 77.8 Å². The molecule has 0 aliphatic heterocycles. The highest BCUT2D eigenvalue weighted by Gasteiger charge is 2.33. The quantitative estimate of drug-likeness (QED) is 0.289. The lowest BCUT2D eigenvalue weighted by Gasteiger charge is -2.32. The number of anilines is 1. The average Bonchev–Trinajstić information content (AvgIpc) is 2.90. The van der Waals surface area contributed by atoms with E-state index in [1.165, 1.54) is 17.0 Å². The van der Waals surface area contributed by atoms with Crippen LogP contribution in [0, 0.1) is 12.8 Å². The van der Waals surface area contributed by atoms with Crippen LogP contribution in [0.4, 0.5) is 5.69 Å². The molecule has 0 heterocycles. The van der Waals surface area contributed by atoms with Crippen molar-refractivity contribution < 1.29 is 18.0 Å². The number of amides is 2. The van der Waals surface area contributed by atoms with Gasteiger partial charge in [-0.2, -0.15) is 0 Å². The molecule has 0 bridgehead atoms. The molecule has 0 radical (unpaired) electrons. The van der Waals surface area contributed by atoms with Gasteiger partial charge in [0.15, 0.2) is 0 Å². The molecule has 0 saturated heterocycles. The van der Waals surface area contributed by atoms with Crippen LogP contribution in [0.15, 0.2) is 82.2 Å². The molecule has 3 rings (SSSR count). The predicted octanol–water partition coefficient (Wildman–Crippen LogP) is 5.80. The van der Waals surface area contributed by atoms with Crippen molar-refractivity contribution >= 4 is 55.1 Å². The maximum Gasteiger partial charge on any atom is 0.264 e. The largest absolute Gasteiger partial charge is 0.354 e. The fraction of sp³-hybridized carbons (Fsp3) is 0.310. The van der Waals surface area contributed by atoms with E-state index in [1.54, 1.807) is 50.2 Å². The molecular formula is C29H33BrClN3O4S. The Hall–Kier alpha value is -2.88. The number of hydrogen-bond donors (Lipinski definition) is 1. The van der Waals surface area contributed by atoms with E-state index in [0.29, 0.717) is 22.8 Å². The highest BCUT2D eigenvalue weighted by atomic mass is 79.9. The Balaban J connectivity index is 2.04. The molecule has 208 valence electrons. The normalized spacial score (nSPS) is 12.2. The first kappa shape index (κ1) is 30.7. The smallest absolute Gasteiger partial charge is 0.264 e. The average molecular weight is 635 g/mol. The minimum Gasteiger partial charge on any atom is -0.354 e. The van der Waals surface area contributed by atoms with E-state index in [2.05, 4.69) is 21.2 Å². The molecular weight excluding hydrogens is 602 g/mol. The zero-order valence-corrected chi connectivity index (χ0v) is 25.6. The summed E-state index contributed by atoms with van der Waals surface area (Å²) in [5, 5.41) is 3.26. The molecule has 2 amide bonds. The summed E-state index contributed by atoms with van der Waals surface area (Å²) in [6.07, 6.45) is 0. The van der Waals surface area contributed by atoms with Crippen molar-refractivity contribution in [3.63, 3.8) is 0 Å². The van der Waals surface area contributed by atoms with Crippen molar-refractivity contribution in [2.24, 2.45) is 5.92 Å². The molecule has 1 atom stereocenters. The second-order valence-electron chi connectivity index (χ2n) is 9.68. The van der Waals surface area contributed by atoms with Crippen LogP contribution in [0.2, 0.25) is 5.02 Å². The number of benzene rings is 3. The minimum absolute atomic E-state index is 0.0402. The Morgan fingerprint density at radius 3 is 2.28 bits per heavy atom. The van der Waals surface area contributed by atoms with Crippen molar-refractivity contribution in [2.45, 2.75) is 45.2 Å². The predicted molar refractivity (Wildman–Crippen MR) is 159 cm³/mol. The van der Waals surface area contributed by atoms with Gasteiger partial charge in [0.2, 0.25) is 11.8 Å². The number of halogens is 2. The summed E-state index contributed by atoms with van der Waals surface area (Å²) >= 11 is 9.80. The van der Waals surface area contributed by atoms with Gasteiger partial charge in [-0.25, -0.2) is 8.42 Å². The van der Waals surface area contributed by atoms with Crippen molar-refractivity contribution in [3.8, 4) is 0 Å². The van der Waals surface area contributed by atoms with E-state index in [9.17, 15) is 18.0 Å². The summed E-state index contributed by atoms with van der Waals surface area (Å²) in [7, 11) is -4.15. The van der Waals surface area contributed by atoms with Crippen molar-refractivity contribution in [1.82, 2.24) is 10.2 Å². The maximum absolute atomic E-state index is 14.0. The fourth-order valence-corrected chi connectivity index (χ4v) is 6.08. The number of hydrogen-bond acceptors (Lipinski definition) is 4. The zero-order chi connectivity index (χ0) is 28.7. The van der Waals surface area contributed by atoms with E-state index in [4.69, 9.17) is 11.6 Å². The molecule has 3 aromatic rings. The molecule has 0 fully saturated rings. The highest BCUT2D eigenvalue weighted by molar-refractivity contribution is 9.10. The van der Waals surface area contributed by atoms with Gasteiger partial charge in [0.1, 0.15) is 12.6 Å². The Bertz CT molecular complexity index is 1420. The van der Waals surface area contributed by atoms with Crippen LogP contribution in [0.5, 0.6) is 0 Å². The monoisotopic (exact) mass is 633 g/mol. The first-order chi connectivity index (χ1) is 18.4. The van der Waals surface area contributed by atoms with E-state index >= 15 is 0 Å². The Labute approximate surface area is 244 Å². The van der Waals surface area contributed by atoms with Crippen LogP contribution in [0.1, 0.15) is 31.9 Å². The van der Waals surface area contributed by atoms with Crippen molar-refractivity contribution in [2.75, 3.05) is 17.4 Å². The third-order valence-electron chi connectivity index (χ3n) is 6.21. The van der Waals surface area contributed by atoms with Gasteiger partial charge in [0.25, 0.3) is 10.0 Å². The Morgan fingerprint density at radius 2 is 1.64 bits per heavy atom. The molecule has 0 spiro atoms. The number of nitrogens with zero attached hydrogens (tertiary/aromatic N) is 2. The summed E-state index contributed by atoms with van der Waals surface area (Å²) < 4.78 is 29.6. The van der Waals surface area contributed by atoms with Gasteiger partial charge in [-0.05, 0) is 67.3 Å². The molecule has 10 heteroatoms. The number of nitrogens with one attached hydrogen (secondary N) is 1. The molecule has 0 aliphatic carbocycles. The first-order valence-electron chi connectivity index (χ1n) is 12.6. The van der Waals surface area contributed by atoms with Crippen LogP contribution < -0.4 is 9.62 Å². The Kier molecular flexibility index (Phi) is 10.6. The van der Waals surface area contributed by atoms with E-state index < -0.39 is 28.5 Å². The van der Waals surface area contributed by atoms with Gasteiger partial charge >= 0.3 is 0 Å². The second-order valence-corrected chi connectivity index (χ2v) is 12.9. The van der Waals surface area contributed by atoms with Crippen LogP contribution in [-0.4, -0.2) is 44.3 Å². The topological polar surface area (TPSA) is 86.8 Å². The van der Waals surface area contributed by atoms with Gasteiger partial charge < -0.3 is 10.2 Å². The molecule has 3 aromatic carbocycles. The van der Waals surface area contributed by atoms with Crippen LogP contribution in [-0.2, 0) is 26.2 Å². The fourth-order valence-electron chi connectivity index (χ4n) is 3.97. The summed E-state index contributed by atoms with van der Waals surface area (Å²) in [5.41, 5.74) is 1.60. The van der Waals surface area contributed by atoms with Crippen molar-refractivity contribution in [3.05, 3.63) is 93.4 Å². The highest BCUT2D eigenvalue weighted by Crippen LogP contribution is 2.31. The van der Waals surface area contributed by atoms with Crippen molar-refractivity contribution in [1.29, 1.82) is 0 Å². The van der Waals surface area contributed by atoms with Crippen LogP contribution >= 0.6 is 27.5 Å². The SMILES string of the molecule is Cc1c(Cl)cccc1N(CC(=O)N(Cc1cccc(Br)c1)C(C)C(=O)NCC(C)C)S(=O)(=O)c1ccccc1. The minimum atomic E-state index is -4.15. The third-order valence-corrected chi connectivity index (χ3v) is 8.89. The number of rotatable bonds is 11. The molecule has 0 aliphatic rings. The van der Waals surface area contributed by atoms with Gasteiger partial charge in [-0.3, -0.25) is 13.9 Å². The number of carbonyl (C=O) groups excluding carboxylic acids is 2. The first-order valence-corrected chi connectivity index (χ1v) is 15.2. The lowest BCUT2D eigenvalue weighted by Crippen LogP contribution is -2.51. The molecule has 39 heavy (non-hydrogen) atoms. The third kappa shape index (κ3) is 7.84. The summed E-state index contributed by atoms with van der Waals surface area (Å²) in [6, 6.07) is 19.4. The lowest BCUT2D eigenvalue weighted by atomic mass is 10.1. The van der Waals surface area contributed by atoms with E-state index in [0.717, 1.165) is 14.3 Å². The number of carbonyl (C=O) groups is 2. The lowest BCUT2D eigenvalue weighted by molar-refractivity contribution is -0.139. The number of sulfonamides is 1. The van der Waals surface area contributed by atoms with Gasteiger partial charge in [0, 0.05) is 22.6 Å². The maximum atomic E-state index is 14.0. The summed E-state index contributed by atoms with van der Waals surface area (Å²) in [4.78, 5) is 28.5. The van der Waals surface area contributed by atoms with E-state index in [-0.39, 0.29) is 23.3 Å². The van der Waals surface area contributed by atoms with Gasteiger partial charge in [0.05, 0.1) is 10.6 Å². The summed E-state index contributed by atoms with van der Waals surface area (Å²) in [5.74, 6) is -0.614. The second kappa shape index (κ2) is 13.5. The summed E-state index contributed by atoms with van der Waals surface area (Å²) in [6.45, 7) is 7.36. The molecule has 1 N–H and O–H groups in total. The Morgan fingerprint density at radius 1 is 0.974 bits per heavy atom. The standard InChI is InChI=1S/C29H33BrClN3O4S/c1-20(2)17-32-29(36)22(4)33(18-23-10-8-11-24(30)16-23)28(35)19-34(27-15-9-14-26(31)21(27)3)39(37,38)25-12-6-5-7-13-25/h5-16,20,22H,17-19H2,1-4H3,(H,32,36).